The number of hydrogen-bond donors (Lipinski definition) is 0. The Morgan fingerprint density at radius 1 is 0.957 bits per heavy atom. The largest absolute Gasteiger partial charge is 0.419 e. The molecule has 1 heterocycles. The lowest BCUT2D eigenvalue weighted by atomic mass is 10.1. The van der Waals surface area contributed by atoms with Gasteiger partial charge in [-0.2, -0.15) is 0 Å². The summed E-state index contributed by atoms with van der Waals surface area (Å²) in [5.74, 6) is 1.23. The molecule has 0 N–H and O–H groups in total. The van der Waals surface area contributed by atoms with Gasteiger partial charge in [0.25, 0.3) is 0 Å². The second-order valence-corrected chi connectivity index (χ2v) is 5.66. The summed E-state index contributed by atoms with van der Waals surface area (Å²) >= 11 is 0. The van der Waals surface area contributed by atoms with Crippen molar-refractivity contribution in [1.82, 2.24) is 15.1 Å². The molecular weight excluding hydrogens is 286 g/mol. The fourth-order valence-corrected chi connectivity index (χ4v) is 2.52. The Labute approximate surface area is 136 Å². The van der Waals surface area contributed by atoms with E-state index in [0.717, 1.165) is 18.7 Å². The first kappa shape index (κ1) is 15.4. The van der Waals surface area contributed by atoms with Gasteiger partial charge in [-0.15, -0.1) is 10.2 Å². The van der Waals surface area contributed by atoms with Crippen LogP contribution in [0.1, 0.15) is 23.9 Å². The molecule has 118 valence electrons. The summed E-state index contributed by atoms with van der Waals surface area (Å²) in [6, 6.07) is 18.5. The van der Waals surface area contributed by atoms with E-state index >= 15 is 0 Å². The first-order valence-corrected chi connectivity index (χ1v) is 7.90. The molecule has 0 aliphatic heterocycles. The van der Waals surface area contributed by atoms with Crippen LogP contribution in [0.4, 0.5) is 0 Å². The maximum Gasteiger partial charge on any atom is 0.247 e. The number of rotatable bonds is 6. The molecule has 3 rings (SSSR count). The van der Waals surface area contributed by atoms with Crippen LogP contribution < -0.4 is 0 Å². The highest BCUT2D eigenvalue weighted by Crippen LogP contribution is 2.19. The van der Waals surface area contributed by atoms with Gasteiger partial charge in [0.1, 0.15) is 0 Å². The first-order chi connectivity index (χ1) is 11.2. The molecule has 0 saturated carbocycles. The van der Waals surface area contributed by atoms with E-state index < -0.39 is 0 Å². The third-order valence-electron chi connectivity index (χ3n) is 3.79. The molecule has 0 bridgehead atoms. The van der Waals surface area contributed by atoms with Crippen LogP contribution in [-0.4, -0.2) is 21.6 Å². The molecule has 0 fully saturated rings. The highest BCUT2D eigenvalue weighted by molar-refractivity contribution is 5.53. The van der Waals surface area contributed by atoms with E-state index in [1.807, 2.05) is 18.2 Å². The zero-order valence-corrected chi connectivity index (χ0v) is 13.6. The van der Waals surface area contributed by atoms with Crippen molar-refractivity contribution in [1.29, 1.82) is 0 Å². The van der Waals surface area contributed by atoms with Crippen molar-refractivity contribution in [3.63, 3.8) is 0 Å². The summed E-state index contributed by atoms with van der Waals surface area (Å²) in [4.78, 5) is 2.28. The smallest absolute Gasteiger partial charge is 0.247 e. The van der Waals surface area contributed by atoms with E-state index in [2.05, 4.69) is 65.3 Å². The van der Waals surface area contributed by atoms with Crippen LogP contribution in [0.15, 0.2) is 59.0 Å². The normalized spacial score (nSPS) is 11.1. The standard InChI is InChI=1S/C19H21N3O/c1-3-22(13-16-9-5-4-6-10-16)14-18-20-21-19(23-18)17-11-7-8-15(2)12-17/h4-12H,3,13-14H2,1-2H3. The molecule has 0 aliphatic rings. The molecule has 4 nitrogen and oxygen atoms in total. The minimum absolute atomic E-state index is 0.583. The Morgan fingerprint density at radius 3 is 2.52 bits per heavy atom. The minimum atomic E-state index is 0.583. The lowest BCUT2D eigenvalue weighted by molar-refractivity contribution is 0.243. The predicted molar refractivity (Wildman–Crippen MR) is 90.7 cm³/mol. The molecule has 0 unspecified atom stereocenters. The number of benzene rings is 2. The average molecular weight is 307 g/mol. The number of hydrogen-bond acceptors (Lipinski definition) is 4. The fourth-order valence-electron chi connectivity index (χ4n) is 2.52. The second-order valence-electron chi connectivity index (χ2n) is 5.66. The van der Waals surface area contributed by atoms with E-state index in [9.17, 15) is 0 Å². The van der Waals surface area contributed by atoms with Crippen molar-refractivity contribution in [3.05, 3.63) is 71.6 Å². The quantitative estimate of drug-likeness (QED) is 0.688. The molecule has 23 heavy (non-hydrogen) atoms. The minimum Gasteiger partial charge on any atom is -0.419 e. The summed E-state index contributed by atoms with van der Waals surface area (Å²) in [6.07, 6.45) is 0. The molecule has 0 atom stereocenters. The molecule has 2 aromatic carbocycles. The van der Waals surface area contributed by atoms with Gasteiger partial charge in [0, 0.05) is 12.1 Å². The summed E-state index contributed by atoms with van der Waals surface area (Å²) in [5.41, 5.74) is 3.43. The Bertz CT molecular complexity index is 752. The van der Waals surface area contributed by atoms with Crippen LogP contribution in [0.3, 0.4) is 0 Å². The lowest BCUT2D eigenvalue weighted by Gasteiger charge is -2.18. The summed E-state index contributed by atoms with van der Waals surface area (Å²) in [6.45, 7) is 6.65. The molecule has 4 heteroatoms. The zero-order chi connectivity index (χ0) is 16.1. The molecule has 0 aliphatic carbocycles. The summed E-state index contributed by atoms with van der Waals surface area (Å²) in [5, 5.41) is 8.37. The van der Waals surface area contributed by atoms with E-state index in [1.54, 1.807) is 0 Å². The lowest BCUT2D eigenvalue weighted by Crippen LogP contribution is -2.22. The van der Waals surface area contributed by atoms with Crippen molar-refractivity contribution in [2.24, 2.45) is 0 Å². The molecular formula is C19H21N3O. The number of aromatic nitrogens is 2. The van der Waals surface area contributed by atoms with E-state index in [-0.39, 0.29) is 0 Å². The molecule has 0 spiro atoms. The Balaban J connectivity index is 1.70. The summed E-state index contributed by atoms with van der Waals surface area (Å²) < 4.78 is 5.83. The SMILES string of the molecule is CCN(Cc1ccccc1)Cc1nnc(-c2cccc(C)c2)o1. The third kappa shape index (κ3) is 4.05. The van der Waals surface area contributed by atoms with Gasteiger partial charge < -0.3 is 4.42 Å². The Morgan fingerprint density at radius 2 is 1.78 bits per heavy atom. The van der Waals surface area contributed by atoms with Gasteiger partial charge in [0.2, 0.25) is 11.8 Å². The van der Waals surface area contributed by atoms with Crippen molar-refractivity contribution >= 4 is 0 Å². The van der Waals surface area contributed by atoms with Crippen LogP contribution in [0.5, 0.6) is 0 Å². The topological polar surface area (TPSA) is 42.2 Å². The fraction of sp³-hybridized carbons (Fsp3) is 0.263. The van der Waals surface area contributed by atoms with Crippen molar-refractivity contribution < 1.29 is 4.42 Å². The first-order valence-electron chi connectivity index (χ1n) is 7.90. The van der Waals surface area contributed by atoms with Crippen LogP contribution in [0.25, 0.3) is 11.5 Å². The van der Waals surface area contributed by atoms with E-state index in [4.69, 9.17) is 4.42 Å². The van der Waals surface area contributed by atoms with Gasteiger partial charge in [-0.05, 0) is 31.2 Å². The predicted octanol–water partition coefficient (Wildman–Crippen LogP) is 4.07. The highest BCUT2D eigenvalue weighted by Gasteiger charge is 2.12. The average Bonchev–Trinajstić information content (AvgIpc) is 3.04. The van der Waals surface area contributed by atoms with Crippen molar-refractivity contribution in [2.75, 3.05) is 6.54 Å². The van der Waals surface area contributed by atoms with Crippen LogP contribution in [-0.2, 0) is 13.1 Å². The second kappa shape index (κ2) is 7.20. The highest BCUT2D eigenvalue weighted by atomic mass is 16.4. The number of nitrogens with zero attached hydrogens (tertiary/aromatic N) is 3. The molecule has 0 radical (unpaired) electrons. The third-order valence-corrected chi connectivity index (χ3v) is 3.79. The van der Waals surface area contributed by atoms with E-state index in [0.29, 0.717) is 18.3 Å². The Hall–Kier alpha value is -2.46. The molecule has 1 aromatic heterocycles. The Kier molecular flexibility index (Phi) is 4.83. The molecule has 3 aromatic rings. The van der Waals surface area contributed by atoms with Gasteiger partial charge in [-0.25, -0.2) is 0 Å². The van der Waals surface area contributed by atoms with Crippen LogP contribution >= 0.6 is 0 Å². The molecule has 0 saturated heterocycles. The summed E-state index contributed by atoms with van der Waals surface area (Å²) in [7, 11) is 0. The maximum atomic E-state index is 5.83. The van der Waals surface area contributed by atoms with Gasteiger partial charge in [-0.3, -0.25) is 4.90 Å². The van der Waals surface area contributed by atoms with Gasteiger partial charge in [-0.1, -0.05) is 55.0 Å². The van der Waals surface area contributed by atoms with Crippen LogP contribution in [0.2, 0.25) is 0 Å². The number of aryl methyl sites for hydroxylation is 1. The van der Waals surface area contributed by atoms with E-state index in [1.165, 1.54) is 11.1 Å². The van der Waals surface area contributed by atoms with Crippen molar-refractivity contribution in [3.8, 4) is 11.5 Å². The van der Waals surface area contributed by atoms with Gasteiger partial charge in [0.05, 0.1) is 6.54 Å². The van der Waals surface area contributed by atoms with Gasteiger partial charge >= 0.3 is 0 Å². The van der Waals surface area contributed by atoms with Crippen LogP contribution in [0, 0.1) is 6.92 Å². The molecule has 0 amide bonds. The maximum absolute atomic E-state index is 5.83. The van der Waals surface area contributed by atoms with Gasteiger partial charge in [0.15, 0.2) is 0 Å². The zero-order valence-electron chi connectivity index (χ0n) is 13.6. The van der Waals surface area contributed by atoms with Crippen molar-refractivity contribution in [2.45, 2.75) is 26.9 Å². The monoisotopic (exact) mass is 307 g/mol.